The zero-order valence-corrected chi connectivity index (χ0v) is 17.5. The second-order valence-corrected chi connectivity index (χ2v) is 8.05. The predicted octanol–water partition coefficient (Wildman–Crippen LogP) is 4.89. The molecule has 2 aromatic rings. The molecule has 0 radical (unpaired) electrons. The molecule has 3 N–H and O–H groups in total. The van der Waals surface area contributed by atoms with Crippen LogP contribution in [0, 0.1) is 11.2 Å². The van der Waals surface area contributed by atoms with Gasteiger partial charge in [0.05, 0.1) is 5.52 Å². The quantitative estimate of drug-likeness (QED) is 0.485. The highest BCUT2D eigenvalue weighted by Gasteiger charge is 2.41. The molecule has 0 atom stereocenters. The fraction of sp³-hybridized carbons (Fsp3) is 0.476. The summed E-state index contributed by atoms with van der Waals surface area (Å²) in [5.74, 6) is -5.12. The Morgan fingerprint density at radius 1 is 0.941 bits per heavy atom. The number of nitrogens with zero attached hydrogens (tertiary/aromatic N) is 1. The molecule has 1 saturated heterocycles. The van der Waals surface area contributed by atoms with Gasteiger partial charge in [0.2, 0.25) is 0 Å². The number of carbonyl (C=O) groups is 2. The Morgan fingerprint density at radius 3 is 1.85 bits per heavy atom. The summed E-state index contributed by atoms with van der Waals surface area (Å²) in [5, 5.41) is 18.7. The molecule has 0 bridgehead atoms. The number of fused-ring (bicyclic) bond motifs is 1. The van der Waals surface area contributed by atoms with Crippen LogP contribution in [0.3, 0.4) is 0 Å². The third kappa shape index (κ3) is 7.27. The van der Waals surface area contributed by atoms with Crippen LogP contribution in [0.1, 0.15) is 37.2 Å². The second kappa shape index (κ2) is 10.5. The SMILES string of the molecule is Fc1ccc2nccc(C3CCC4(CC3)CNC4)c2c1.O=C(O)C(F)(F)F.O=C(O)C(F)(F)F. The second-order valence-electron chi connectivity index (χ2n) is 8.05. The maximum absolute atomic E-state index is 13.5. The van der Waals surface area contributed by atoms with E-state index >= 15 is 0 Å². The summed E-state index contributed by atoms with van der Waals surface area (Å²) in [6.07, 6.45) is -3.27. The van der Waals surface area contributed by atoms with Crippen LogP contribution in [0.15, 0.2) is 30.5 Å². The first kappa shape index (κ1) is 27.3. The molecule has 2 fully saturated rings. The summed E-state index contributed by atoms with van der Waals surface area (Å²) in [6.45, 7) is 2.37. The lowest BCUT2D eigenvalue weighted by atomic mass is 9.65. The van der Waals surface area contributed by atoms with Crippen molar-refractivity contribution in [3.8, 4) is 0 Å². The Bertz CT molecular complexity index is 986. The van der Waals surface area contributed by atoms with Gasteiger partial charge in [-0.05, 0) is 66.8 Å². The number of carboxylic acids is 2. The van der Waals surface area contributed by atoms with E-state index in [2.05, 4.69) is 16.4 Å². The van der Waals surface area contributed by atoms with Gasteiger partial charge in [-0.3, -0.25) is 4.98 Å². The van der Waals surface area contributed by atoms with E-state index in [4.69, 9.17) is 19.8 Å². The zero-order chi connectivity index (χ0) is 25.7. The summed E-state index contributed by atoms with van der Waals surface area (Å²) in [5.41, 5.74) is 2.77. The fourth-order valence-electron chi connectivity index (χ4n) is 3.87. The number of alkyl halides is 6. The van der Waals surface area contributed by atoms with E-state index in [1.165, 1.54) is 50.4 Å². The van der Waals surface area contributed by atoms with Crippen molar-refractivity contribution in [1.82, 2.24) is 10.3 Å². The Balaban J connectivity index is 0.000000244. The molecular formula is C21H21F7N2O4. The normalized spacial score (nSPS) is 17.6. The lowest BCUT2D eigenvalue weighted by molar-refractivity contribution is -0.193. The van der Waals surface area contributed by atoms with Crippen LogP contribution in [-0.4, -0.2) is 52.6 Å². The van der Waals surface area contributed by atoms with Crippen LogP contribution in [0.5, 0.6) is 0 Å². The smallest absolute Gasteiger partial charge is 0.475 e. The van der Waals surface area contributed by atoms with Crippen LogP contribution in [-0.2, 0) is 9.59 Å². The van der Waals surface area contributed by atoms with Crippen LogP contribution < -0.4 is 5.32 Å². The van der Waals surface area contributed by atoms with Crippen molar-refractivity contribution in [2.24, 2.45) is 5.41 Å². The van der Waals surface area contributed by atoms with Gasteiger partial charge in [0.15, 0.2) is 0 Å². The van der Waals surface area contributed by atoms with Gasteiger partial charge in [-0.1, -0.05) is 0 Å². The maximum Gasteiger partial charge on any atom is 0.490 e. The van der Waals surface area contributed by atoms with Crippen molar-refractivity contribution in [3.05, 3.63) is 41.8 Å². The number of pyridine rings is 1. The van der Waals surface area contributed by atoms with Gasteiger partial charge in [0.1, 0.15) is 5.82 Å². The Kier molecular flexibility index (Phi) is 8.45. The van der Waals surface area contributed by atoms with Gasteiger partial charge in [-0.2, -0.15) is 26.3 Å². The summed E-state index contributed by atoms with van der Waals surface area (Å²) < 4.78 is 77.0. The van der Waals surface area contributed by atoms with Crippen LogP contribution in [0.2, 0.25) is 0 Å². The molecule has 34 heavy (non-hydrogen) atoms. The lowest BCUT2D eigenvalue weighted by Crippen LogP contribution is -2.54. The van der Waals surface area contributed by atoms with Crippen molar-refractivity contribution in [1.29, 1.82) is 0 Å². The number of hydrogen-bond acceptors (Lipinski definition) is 4. The van der Waals surface area contributed by atoms with Gasteiger partial charge in [0.25, 0.3) is 0 Å². The van der Waals surface area contributed by atoms with Crippen LogP contribution in [0.4, 0.5) is 30.7 Å². The Hall–Kier alpha value is -2.96. The van der Waals surface area contributed by atoms with E-state index in [1.807, 2.05) is 6.20 Å². The van der Waals surface area contributed by atoms with E-state index in [-0.39, 0.29) is 5.82 Å². The van der Waals surface area contributed by atoms with Crippen LogP contribution in [0.25, 0.3) is 10.9 Å². The fourth-order valence-corrected chi connectivity index (χ4v) is 3.87. The Morgan fingerprint density at radius 2 is 1.44 bits per heavy atom. The summed E-state index contributed by atoms with van der Waals surface area (Å²) in [6, 6.07) is 7.01. The largest absolute Gasteiger partial charge is 0.490 e. The molecule has 0 unspecified atom stereocenters. The number of aliphatic carboxylic acids is 2. The number of aromatic nitrogens is 1. The highest BCUT2D eigenvalue weighted by atomic mass is 19.4. The first-order valence-corrected chi connectivity index (χ1v) is 10.00. The highest BCUT2D eigenvalue weighted by molar-refractivity contribution is 5.82. The van der Waals surface area contributed by atoms with Gasteiger partial charge >= 0.3 is 24.3 Å². The molecule has 1 aromatic heterocycles. The monoisotopic (exact) mass is 498 g/mol. The molecule has 0 amide bonds. The van der Waals surface area contributed by atoms with Gasteiger partial charge < -0.3 is 15.5 Å². The van der Waals surface area contributed by atoms with Gasteiger partial charge in [-0.15, -0.1) is 0 Å². The average molecular weight is 498 g/mol. The number of hydrogen-bond donors (Lipinski definition) is 3. The number of rotatable bonds is 1. The molecule has 2 aliphatic rings. The maximum atomic E-state index is 13.5. The molecule has 1 spiro atoms. The average Bonchev–Trinajstić information content (AvgIpc) is 2.72. The molecule has 188 valence electrons. The number of halogens is 7. The van der Waals surface area contributed by atoms with E-state index in [0.29, 0.717) is 11.3 Å². The molecular weight excluding hydrogens is 477 g/mol. The number of nitrogens with one attached hydrogen (secondary N) is 1. The number of carboxylic acid groups (broad SMARTS) is 2. The van der Waals surface area contributed by atoms with Crippen molar-refractivity contribution in [2.75, 3.05) is 13.1 Å². The number of benzene rings is 1. The van der Waals surface area contributed by atoms with Crippen molar-refractivity contribution >= 4 is 22.8 Å². The van der Waals surface area contributed by atoms with E-state index in [1.54, 1.807) is 12.1 Å². The molecule has 2 heterocycles. The van der Waals surface area contributed by atoms with Crippen molar-refractivity contribution in [2.45, 2.75) is 44.0 Å². The minimum absolute atomic E-state index is 0.165. The molecule has 4 rings (SSSR count). The van der Waals surface area contributed by atoms with E-state index in [0.717, 1.165) is 10.9 Å². The minimum Gasteiger partial charge on any atom is -0.475 e. The summed E-state index contributed by atoms with van der Waals surface area (Å²) in [7, 11) is 0. The topological polar surface area (TPSA) is 99.5 Å². The zero-order valence-electron chi connectivity index (χ0n) is 17.5. The van der Waals surface area contributed by atoms with Gasteiger partial charge in [0, 0.05) is 24.7 Å². The minimum atomic E-state index is -5.08. The first-order chi connectivity index (χ1) is 15.6. The standard InChI is InChI=1S/C17H19FN2.2C2HF3O2/c18-13-1-2-16-15(9-13)14(5-8-20-16)12-3-6-17(7-4-12)10-19-11-17;2*3-2(4,5)1(6)7/h1-2,5,8-9,12,19H,3-4,6-7,10-11H2;2*(H,6,7). The first-order valence-electron chi connectivity index (χ1n) is 10.00. The highest BCUT2D eigenvalue weighted by Crippen LogP contribution is 2.46. The third-order valence-corrected chi connectivity index (χ3v) is 5.71. The predicted molar refractivity (Wildman–Crippen MR) is 106 cm³/mol. The molecule has 13 heteroatoms. The van der Waals surface area contributed by atoms with Crippen LogP contribution >= 0.6 is 0 Å². The summed E-state index contributed by atoms with van der Waals surface area (Å²) in [4.78, 5) is 22.1. The third-order valence-electron chi connectivity index (χ3n) is 5.71. The van der Waals surface area contributed by atoms with Crippen molar-refractivity contribution < 1.29 is 50.5 Å². The van der Waals surface area contributed by atoms with E-state index < -0.39 is 24.3 Å². The molecule has 1 saturated carbocycles. The molecule has 6 nitrogen and oxygen atoms in total. The van der Waals surface area contributed by atoms with Gasteiger partial charge in [-0.25, -0.2) is 14.0 Å². The van der Waals surface area contributed by atoms with Crippen molar-refractivity contribution in [3.63, 3.8) is 0 Å². The lowest BCUT2D eigenvalue weighted by Gasteiger charge is -2.47. The van der Waals surface area contributed by atoms with E-state index in [9.17, 15) is 30.7 Å². The molecule has 1 aromatic carbocycles. The Labute approximate surface area is 188 Å². The molecule has 1 aliphatic carbocycles. The summed E-state index contributed by atoms with van der Waals surface area (Å²) >= 11 is 0. The molecule has 1 aliphatic heterocycles.